The molecule has 3 heteroatoms. The fraction of sp³-hybridized carbons (Fsp3) is 0.667. The second kappa shape index (κ2) is 7.37. The van der Waals surface area contributed by atoms with Crippen LogP contribution in [0, 0.1) is 0 Å². The Bertz CT molecular complexity index is 318. The van der Waals surface area contributed by atoms with Crippen molar-refractivity contribution < 1.29 is 0 Å². The molecule has 1 fully saturated rings. The molecular formula is C15H25N3. The van der Waals surface area contributed by atoms with Gasteiger partial charge in [0.15, 0.2) is 0 Å². The maximum absolute atomic E-state index is 4.32. The summed E-state index contributed by atoms with van der Waals surface area (Å²) in [5.41, 5.74) is 0. The van der Waals surface area contributed by atoms with E-state index in [0.717, 1.165) is 12.4 Å². The van der Waals surface area contributed by atoms with Crippen molar-refractivity contribution >= 4 is 5.82 Å². The summed E-state index contributed by atoms with van der Waals surface area (Å²) in [7, 11) is 0. The fourth-order valence-corrected chi connectivity index (χ4v) is 2.63. The van der Waals surface area contributed by atoms with E-state index in [1.165, 1.54) is 45.2 Å². The lowest BCUT2D eigenvalue weighted by atomic mass is 10.1. The van der Waals surface area contributed by atoms with Crippen LogP contribution in [-0.2, 0) is 0 Å². The van der Waals surface area contributed by atoms with E-state index < -0.39 is 0 Å². The molecule has 1 aliphatic heterocycles. The molecule has 0 aromatic carbocycles. The van der Waals surface area contributed by atoms with Crippen LogP contribution < -0.4 is 5.32 Å². The molecule has 3 nitrogen and oxygen atoms in total. The van der Waals surface area contributed by atoms with Gasteiger partial charge in [-0.15, -0.1) is 0 Å². The van der Waals surface area contributed by atoms with E-state index in [2.05, 4.69) is 22.1 Å². The van der Waals surface area contributed by atoms with Crippen molar-refractivity contribution in [2.75, 3.05) is 25.0 Å². The van der Waals surface area contributed by atoms with E-state index in [9.17, 15) is 0 Å². The van der Waals surface area contributed by atoms with Gasteiger partial charge < -0.3 is 10.2 Å². The number of pyridine rings is 1. The predicted molar refractivity (Wildman–Crippen MR) is 76.8 cm³/mol. The number of hydrogen-bond donors (Lipinski definition) is 1. The zero-order chi connectivity index (χ0) is 12.6. The summed E-state index contributed by atoms with van der Waals surface area (Å²) >= 11 is 0. The zero-order valence-electron chi connectivity index (χ0n) is 11.4. The van der Waals surface area contributed by atoms with Crippen LogP contribution in [0.3, 0.4) is 0 Å². The van der Waals surface area contributed by atoms with Gasteiger partial charge in [-0.25, -0.2) is 4.98 Å². The Balaban J connectivity index is 1.77. The number of anilines is 1. The summed E-state index contributed by atoms with van der Waals surface area (Å²) in [6.07, 6.45) is 8.78. The summed E-state index contributed by atoms with van der Waals surface area (Å²) < 4.78 is 0. The fourth-order valence-electron chi connectivity index (χ4n) is 2.63. The molecule has 0 saturated carbocycles. The molecule has 2 rings (SSSR count). The number of rotatable bonds is 4. The van der Waals surface area contributed by atoms with Crippen LogP contribution >= 0.6 is 0 Å². The highest BCUT2D eigenvalue weighted by molar-refractivity contribution is 5.34. The Labute approximate surface area is 111 Å². The molecule has 100 valence electrons. The molecule has 0 bridgehead atoms. The van der Waals surface area contributed by atoms with Crippen LogP contribution in [0.5, 0.6) is 0 Å². The molecule has 2 heterocycles. The maximum Gasteiger partial charge on any atom is 0.126 e. The van der Waals surface area contributed by atoms with Gasteiger partial charge in [0.05, 0.1) is 0 Å². The molecule has 1 saturated heterocycles. The number of aromatic nitrogens is 1. The van der Waals surface area contributed by atoms with Crippen molar-refractivity contribution in [1.29, 1.82) is 0 Å². The van der Waals surface area contributed by atoms with Crippen molar-refractivity contribution in [3.8, 4) is 0 Å². The van der Waals surface area contributed by atoms with Gasteiger partial charge in [0.1, 0.15) is 5.82 Å². The number of nitrogens with zero attached hydrogens (tertiary/aromatic N) is 2. The molecule has 0 radical (unpaired) electrons. The van der Waals surface area contributed by atoms with Crippen molar-refractivity contribution in [1.82, 2.24) is 9.88 Å². The van der Waals surface area contributed by atoms with Crippen LogP contribution in [0.25, 0.3) is 0 Å². The highest BCUT2D eigenvalue weighted by Crippen LogP contribution is 2.11. The van der Waals surface area contributed by atoms with Gasteiger partial charge in [-0.1, -0.05) is 25.3 Å². The molecule has 1 atom stereocenters. The van der Waals surface area contributed by atoms with E-state index >= 15 is 0 Å². The summed E-state index contributed by atoms with van der Waals surface area (Å²) in [6, 6.07) is 6.47. The Hall–Kier alpha value is -1.09. The van der Waals surface area contributed by atoms with E-state index in [1.54, 1.807) is 0 Å². The molecule has 0 aliphatic carbocycles. The third-order valence-corrected chi connectivity index (χ3v) is 3.54. The highest BCUT2D eigenvalue weighted by atomic mass is 15.2. The minimum absolute atomic E-state index is 0.458. The lowest BCUT2D eigenvalue weighted by Crippen LogP contribution is -2.37. The summed E-state index contributed by atoms with van der Waals surface area (Å²) in [6.45, 7) is 5.88. The van der Waals surface area contributed by atoms with Crippen LogP contribution in [0.1, 0.15) is 39.0 Å². The monoisotopic (exact) mass is 247 g/mol. The van der Waals surface area contributed by atoms with E-state index in [0.29, 0.717) is 6.04 Å². The Morgan fingerprint density at radius 1 is 1.17 bits per heavy atom. The first-order chi connectivity index (χ1) is 8.84. The molecule has 18 heavy (non-hydrogen) atoms. The quantitative estimate of drug-likeness (QED) is 0.886. The first-order valence-corrected chi connectivity index (χ1v) is 7.24. The normalized spacial score (nSPS) is 19.8. The molecule has 1 N–H and O–H groups in total. The van der Waals surface area contributed by atoms with Crippen molar-refractivity contribution in [2.45, 2.75) is 45.1 Å². The highest BCUT2D eigenvalue weighted by Gasteiger charge is 2.11. The molecular weight excluding hydrogens is 222 g/mol. The first kappa shape index (κ1) is 13.3. The average Bonchev–Trinajstić information content (AvgIpc) is 2.34. The second-order valence-corrected chi connectivity index (χ2v) is 5.33. The van der Waals surface area contributed by atoms with Gasteiger partial charge in [0.25, 0.3) is 0 Å². The van der Waals surface area contributed by atoms with Gasteiger partial charge in [-0.05, 0) is 45.0 Å². The Morgan fingerprint density at radius 3 is 2.56 bits per heavy atom. The predicted octanol–water partition coefficient (Wildman–Crippen LogP) is 3.15. The lowest BCUT2D eigenvalue weighted by molar-refractivity contribution is 0.241. The largest absolute Gasteiger partial charge is 0.366 e. The van der Waals surface area contributed by atoms with Crippen LogP contribution in [0.4, 0.5) is 5.82 Å². The summed E-state index contributed by atoms with van der Waals surface area (Å²) in [4.78, 5) is 6.91. The lowest BCUT2D eigenvalue weighted by Gasteiger charge is -2.27. The van der Waals surface area contributed by atoms with Gasteiger partial charge >= 0.3 is 0 Å². The third kappa shape index (κ3) is 4.65. The second-order valence-electron chi connectivity index (χ2n) is 5.33. The minimum atomic E-state index is 0.458. The minimum Gasteiger partial charge on any atom is -0.366 e. The van der Waals surface area contributed by atoms with Crippen molar-refractivity contribution in [3.63, 3.8) is 0 Å². The average molecular weight is 247 g/mol. The summed E-state index contributed by atoms with van der Waals surface area (Å²) in [5.74, 6) is 0.983. The van der Waals surface area contributed by atoms with Crippen LogP contribution in [0.2, 0.25) is 0 Å². The number of nitrogens with one attached hydrogen (secondary N) is 1. The number of hydrogen-bond acceptors (Lipinski definition) is 3. The molecule has 1 aliphatic rings. The SMILES string of the molecule is CC(CN1CCCCCCC1)Nc1ccccn1. The van der Waals surface area contributed by atoms with E-state index in [4.69, 9.17) is 0 Å². The smallest absolute Gasteiger partial charge is 0.126 e. The topological polar surface area (TPSA) is 28.2 Å². The molecule has 1 unspecified atom stereocenters. The molecule has 1 aromatic rings. The van der Waals surface area contributed by atoms with Gasteiger partial charge in [-0.2, -0.15) is 0 Å². The maximum atomic E-state index is 4.32. The van der Waals surface area contributed by atoms with Crippen LogP contribution in [-0.4, -0.2) is 35.6 Å². The third-order valence-electron chi connectivity index (χ3n) is 3.54. The van der Waals surface area contributed by atoms with Crippen molar-refractivity contribution in [3.05, 3.63) is 24.4 Å². The molecule has 0 spiro atoms. The Morgan fingerprint density at radius 2 is 1.89 bits per heavy atom. The van der Waals surface area contributed by atoms with Crippen LogP contribution in [0.15, 0.2) is 24.4 Å². The summed E-state index contributed by atoms with van der Waals surface area (Å²) in [5, 5.41) is 3.47. The van der Waals surface area contributed by atoms with Gasteiger partial charge in [-0.3, -0.25) is 0 Å². The molecule has 0 amide bonds. The standard InChI is InChI=1S/C15H25N3/c1-14(17-15-9-5-6-10-16-15)13-18-11-7-3-2-4-8-12-18/h5-6,9-10,14H,2-4,7-8,11-13H2,1H3,(H,16,17). The van der Waals surface area contributed by atoms with E-state index in [1.807, 2.05) is 24.4 Å². The zero-order valence-corrected chi connectivity index (χ0v) is 11.4. The van der Waals surface area contributed by atoms with E-state index in [-0.39, 0.29) is 0 Å². The van der Waals surface area contributed by atoms with Crippen molar-refractivity contribution in [2.24, 2.45) is 0 Å². The number of likely N-dealkylation sites (tertiary alicyclic amines) is 1. The van der Waals surface area contributed by atoms with Gasteiger partial charge in [0.2, 0.25) is 0 Å². The first-order valence-electron chi connectivity index (χ1n) is 7.24. The van der Waals surface area contributed by atoms with Gasteiger partial charge in [0, 0.05) is 18.8 Å². The molecule has 1 aromatic heterocycles. The Kier molecular flexibility index (Phi) is 5.46.